The average Bonchev–Trinajstić information content (AvgIpc) is 2.38. The largest absolute Gasteiger partial charge is 0.445 e. The Morgan fingerprint density at radius 2 is 2.14 bits per heavy atom. The van der Waals surface area contributed by atoms with E-state index in [4.69, 9.17) is 11.6 Å². The molecular formula is C14H9ClF3NO2. The maximum atomic E-state index is 13.5. The van der Waals surface area contributed by atoms with Crippen molar-refractivity contribution >= 4 is 23.4 Å². The maximum absolute atomic E-state index is 13.5. The molecule has 1 heterocycles. The van der Waals surface area contributed by atoms with Crippen LogP contribution in [0.4, 0.5) is 23.7 Å². The third-order valence-corrected chi connectivity index (χ3v) is 2.98. The second kappa shape index (κ2) is 5.34. The Balaban J connectivity index is 2.74. The molecule has 7 heteroatoms. The summed E-state index contributed by atoms with van der Waals surface area (Å²) >= 11 is 5.75. The Morgan fingerprint density at radius 3 is 2.76 bits per heavy atom. The average molecular weight is 316 g/mol. The van der Waals surface area contributed by atoms with Crippen molar-refractivity contribution in [3.63, 3.8) is 0 Å². The smallest absolute Gasteiger partial charge is 0.415 e. The first-order chi connectivity index (χ1) is 9.80. The predicted octanol–water partition coefficient (Wildman–Crippen LogP) is 4.24. The number of fused-ring (bicyclic) bond motifs is 1. The first-order valence-electron chi connectivity index (χ1n) is 5.81. The fourth-order valence-electron chi connectivity index (χ4n) is 1.85. The number of ether oxygens (including phenoxy) is 1. The van der Waals surface area contributed by atoms with Crippen LogP contribution in [0.5, 0.6) is 0 Å². The second-order valence-electron chi connectivity index (χ2n) is 4.15. The third kappa shape index (κ3) is 2.69. The number of hydrogen-bond donors (Lipinski definition) is 1. The SMILES string of the molecule is C/C=C\C#C[C@@]1(C(F)(F)F)OC(=O)Nc2ccc(Cl)cc21. The lowest BCUT2D eigenvalue weighted by molar-refractivity contribution is -0.239. The predicted molar refractivity (Wildman–Crippen MR) is 71.9 cm³/mol. The van der Waals surface area contributed by atoms with E-state index in [9.17, 15) is 18.0 Å². The van der Waals surface area contributed by atoms with Gasteiger partial charge < -0.3 is 4.74 Å². The number of allylic oxidation sites excluding steroid dienone is 2. The van der Waals surface area contributed by atoms with Crippen LogP contribution in [0.15, 0.2) is 30.4 Å². The van der Waals surface area contributed by atoms with Crippen molar-refractivity contribution in [2.24, 2.45) is 0 Å². The van der Waals surface area contributed by atoms with E-state index in [1.54, 1.807) is 6.92 Å². The van der Waals surface area contributed by atoms with Gasteiger partial charge in [0.15, 0.2) is 0 Å². The van der Waals surface area contributed by atoms with Crippen molar-refractivity contribution in [2.45, 2.75) is 18.7 Å². The summed E-state index contributed by atoms with van der Waals surface area (Å²) in [5.41, 5.74) is -3.43. The minimum Gasteiger partial charge on any atom is -0.415 e. The number of amides is 1. The topological polar surface area (TPSA) is 38.3 Å². The van der Waals surface area contributed by atoms with Crippen molar-refractivity contribution in [3.05, 3.63) is 40.9 Å². The van der Waals surface area contributed by atoms with Crippen LogP contribution in [0.1, 0.15) is 12.5 Å². The third-order valence-electron chi connectivity index (χ3n) is 2.74. The molecule has 0 saturated carbocycles. The molecule has 0 unspecified atom stereocenters. The highest BCUT2D eigenvalue weighted by Crippen LogP contribution is 2.47. The minimum absolute atomic E-state index is 0.0391. The van der Waals surface area contributed by atoms with Crippen molar-refractivity contribution in [2.75, 3.05) is 5.32 Å². The van der Waals surface area contributed by atoms with Gasteiger partial charge in [0.1, 0.15) is 0 Å². The maximum Gasteiger partial charge on any atom is 0.445 e. The number of nitrogens with one attached hydrogen (secondary N) is 1. The molecule has 0 spiro atoms. The molecular weight excluding hydrogens is 307 g/mol. The van der Waals surface area contributed by atoms with Gasteiger partial charge in [-0.3, -0.25) is 5.32 Å². The summed E-state index contributed by atoms with van der Waals surface area (Å²) in [6, 6.07) is 3.72. The van der Waals surface area contributed by atoms with E-state index in [1.807, 2.05) is 5.92 Å². The number of rotatable bonds is 0. The van der Waals surface area contributed by atoms with Gasteiger partial charge in [0.05, 0.1) is 5.69 Å². The van der Waals surface area contributed by atoms with Crippen LogP contribution in [0.2, 0.25) is 5.02 Å². The summed E-state index contributed by atoms with van der Waals surface area (Å²) in [5.74, 6) is 4.22. The van der Waals surface area contributed by atoms with Gasteiger partial charge in [0, 0.05) is 10.6 Å². The van der Waals surface area contributed by atoms with E-state index in [1.165, 1.54) is 24.3 Å². The standard InChI is InChI=1S/C14H9ClF3NO2/c1-2-3-4-7-13(14(16,17)18)10-8-9(15)5-6-11(10)19-12(20)21-13/h2-3,5-6,8H,1H3,(H,19,20)/b3-2-/t13-/m1/s1. The number of cyclic esters (lactones) is 1. The molecule has 1 atom stereocenters. The molecule has 0 fully saturated rings. The van der Waals surface area contributed by atoms with Gasteiger partial charge in [-0.25, -0.2) is 4.79 Å². The van der Waals surface area contributed by atoms with E-state index in [0.29, 0.717) is 0 Å². The molecule has 1 aliphatic rings. The lowest BCUT2D eigenvalue weighted by Crippen LogP contribution is -2.49. The zero-order valence-electron chi connectivity index (χ0n) is 10.7. The Kier molecular flexibility index (Phi) is 3.88. The van der Waals surface area contributed by atoms with Crippen LogP contribution in [0, 0.1) is 11.8 Å². The van der Waals surface area contributed by atoms with Gasteiger partial charge in [-0.2, -0.15) is 13.2 Å². The van der Waals surface area contributed by atoms with Gasteiger partial charge in [0.25, 0.3) is 5.60 Å². The highest BCUT2D eigenvalue weighted by atomic mass is 35.5. The van der Waals surface area contributed by atoms with Crippen molar-refractivity contribution in [1.82, 2.24) is 0 Å². The Hall–Kier alpha value is -2.13. The van der Waals surface area contributed by atoms with E-state index in [0.717, 1.165) is 6.07 Å². The zero-order chi connectivity index (χ0) is 15.7. The number of alkyl halides is 3. The minimum atomic E-state index is -4.92. The zero-order valence-corrected chi connectivity index (χ0v) is 11.5. The molecule has 1 amide bonds. The number of anilines is 1. The lowest BCUT2D eigenvalue weighted by Gasteiger charge is -2.35. The number of halogens is 4. The van der Waals surface area contributed by atoms with Gasteiger partial charge in [-0.15, -0.1) is 0 Å². The van der Waals surface area contributed by atoms with Crippen molar-refractivity contribution < 1.29 is 22.7 Å². The number of benzene rings is 1. The van der Waals surface area contributed by atoms with E-state index in [-0.39, 0.29) is 16.3 Å². The summed E-state index contributed by atoms with van der Waals surface area (Å²) in [4.78, 5) is 11.5. The van der Waals surface area contributed by atoms with Gasteiger partial charge in [-0.1, -0.05) is 23.6 Å². The number of carbonyl (C=O) groups is 1. The molecule has 0 saturated heterocycles. The molecule has 0 radical (unpaired) electrons. The fourth-order valence-corrected chi connectivity index (χ4v) is 2.02. The molecule has 21 heavy (non-hydrogen) atoms. The van der Waals surface area contributed by atoms with Crippen LogP contribution in [-0.4, -0.2) is 12.3 Å². The van der Waals surface area contributed by atoms with E-state index in [2.05, 4.69) is 16.0 Å². The lowest BCUT2D eigenvalue weighted by atomic mass is 9.90. The molecule has 0 aliphatic carbocycles. The van der Waals surface area contributed by atoms with Crippen LogP contribution in [0.3, 0.4) is 0 Å². The number of hydrogen-bond acceptors (Lipinski definition) is 2. The van der Waals surface area contributed by atoms with Gasteiger partial charge >= 0.3 is 12.3 Å². The van der Waals surface area contributed by atoms with Crippen molar-refractivity contribution in [1.29, 1.82) is 0 Å². The molecule has 2 rings (SSSR count). The monoisotopic (exact) mass is 315 g/mol. The van der Waals surface area contributed by atoms with Crippen molar-refractivity contribution in [3.8, 4) is 11.8 Å². The molecule has 1 aromatic rings. The summed E-state index contributed by atoms with van der Waals surface area (Å²) in [7, 11) is 0. The van der Waals surface area contributed by atoms with Gasteiger partial charge in [-0.05, 0) is 37.1 Å². The molecule has 1 aliphatic heterocycles. The molecule has 1 aromatic carbocycles. The highest BCUT2D eigenvalue weighted by molar-refractivity contribution is 6.30. The van der Waals surface area contributed by atoms with Gasteiger partial charge in [0.2, 0.25) is 0 Å². The molecule has 0 bridgehead atoms. The van der Waals surface area contributed by atoms with E-state index >= 15 is 0 Å². The van der Waals surface area contributed by atoms with Crippen LogP contribution in [-0.2, 0) is 10.3 Å². The first-order valence-corrected chi connectivity index (χ1v) is 6.18. The normalized spacial score (nSPS) is 21.1. The first kappa shape index (κ1) is 15.3. The fraction of sp³-hybridized carbons (Fsp3) is 0.214. The highest BCUT2D eigenvalue weighted by Gasteiger charge is 2.61. The molecule has 3 nitrogen and oxygen atoms in total. The summed E-state index contributed by atoms with van der Waals surface area (Å²) in [6.07, 6.45) is -3.44. The van der Waals surface area contributed by atoms with Crippen LogP contribution >= 0.6 is 11.6 Å². The quantitative estimate of drug-likeness (QED) is 0.727. The van der Waals surface area contributed by atoms with Crippen LogP contribution in [0.25, 0.3) is 0 Å². The summed E-state index contributed by atoms with van der Waals surface area (Å²) in [6.45, 7) is 1.61. The summed E-state index contributed by atoms with van der Waals surface area (Å²) in [5, 5.41) is 2.28. The summed E-state index contributed by atoms with van der Waals surface area (Å²) < 4.78 is 45.1. The van der Waals surface area contributed by atoms with E-state index < -0.39 is 17.9 Å². The molecule has 0 aromatic heterocycles. The number of carbonyl (C=O) groups excluding carboxylic acids is 1. The Bertz CT molecular complexity index is 673. The molecule has 110 valence electrons. The van der Waals surface area contributed by atoms with Crippen LogP contribution < -0.4 is 5.32 Å². The Labute approximate surface area is 123 Å². The second-order valence-corrected chi connectivity index (χ2v) is 4.59. The Morgan fingerprint density at radius 1 is 1.43 bits per heavy atom. The molecule has 1 N–H and O–H groups in total.